The standard InChI is InChI=1S/C10H13N3O2/c1-6-4-11-10(12-5-6)13-8(9(14)15)7-2-3-7/h4-5,7-8H,2-3H2,1H3,(H,14,15)(H,11,12,13). The number of hydrogen-bond donors (Lipinski definition) is 2. The molecule has 2 rings (SSSR count). The summed E-state index contributed by atoms with van der Waals surface area (Å²) in [5, 5.41) is 11.8. The molecule has 0 spiro atoms. The SMILES string of the molecule is Cc1cnc(NC(C(=O)O)C2CC2)nc1. The lowest BCUT2D eigenvalue weighted by Crippen LogP contribution is -2.32. The summed E-state index contributed by atoms with van der Waals surface area (Å²) in [6.07, 6.45) is 5.27. The van der Waals surface area contributed by atoms with Crippen LogP contribution in [0.4, 0.5) is 5.95 Å². The molecule has 80 valence electrons. The van der Waals surface area contributed by atoms with E-state index < -0.39 is 12.0 Å². The van der Waals surface area contributed by atoms with Gasteiger partial charge in [0.05, 0.1) is 0 Å². The first-order valence-corrected chi connectivity index (χ1v) is 4.95. The van der Waals surface area contributed by atoms with Crippen molar-refractivity contribution in [1.82, 2.24) is 9.97 Å². The lowest BCUT2D eigenvalue weighted by atomic mass is 10.2. The molecule has 15 heavy (non-hydrogen) atoms. The number of aryl methyl sites for hydroxylation is 1. The summed E-state index contributed by atoms with van der Waals surface area (Å²) in [4.78, 5) is 19.0. The first-order valence-electron chi connectivity index (χ1n) is 4.95. The van der Waals surface area contributed by atoms with Crippen LogP contribution in [-0.2, 0) is 4.79 Å². The maximum Gasteiger partial charge on any atom is 0.326 e. The number of nitrogens with one attached hydrogen (secondary N) is 1. The number of carboxylic acid groups (broad SMARTS) is 1. The molecular weight excluding hydrogens is 194 g/mol. The molecular formula is C10H13N3O2. The predicted molar refractivity (Wildman–Crippen MR) is 54.5 cm³/mol. The van der Waals surface area contributed by atoms with E-state index in [0.717, 1.165) is 18.4 Å². The number of rotatable bonds is 4. The van der Waals surface area contributed by atoms with Gasteiger partial charge in [0.15, 0.2) is 0 Å². The zero-order chi connectivity index (χ0) is 10.8. The van der Waals surface area contributed by atoms with E-state index in [9.17, 15) is 4.79 Å². The van der Waals surface area contributed by atoms with Gasteiger partial charge in [-0.3, -0.25) is 0 Å². The molecule has 1 atom stereocenters. The van der Waals surface area contributed by atoms with Crippen LogP contribution in [0.15, 0.2) is 12.4 Å². The molecule has 0 bridgehead atoms. The van der Waals surface area contributed by atoms with Crippen LogP contribution in [0.25, 0.3) is 0 Å². The fraction of sp³-hybridized carbons (Fsp3) is 0.500. The monoisotopic (exact) mass is 207 g/mol. The molecule has 0 radical (unpaired) electrons. The second-order valence-electron chi connectivity index (χ2n) is 3.88. The molecule has 0 saturated heterocycles. The summed E-state index contributed by atoms with van der Waals surface area (Å²) < 4.78 is 0. The van der Waals surface area contributed by atoms with Crippen molar-refractivity contribution in [2.75, 3.05) is 5.32 Å². The number of aromatic nitrogens is 2. The van der Waals surface area contributed by atoms with Crippen molar-refractivity contribution in [1.29, 1.82) is 0 Å². The summed E-state index contributed by atoms with van der Waals surface area (Å²) in [7, 11) is 0. The van der Waals surface area contributed by atoms with E-state index in [2.05, 4.69) is 15.3 Å². The Morgan fingerprint density at radius 2 is 2.13 bits per heavy atom. The smallest absolute Gasteiger partial charge is 0.326 e. The molecule has 0 aromatic carbocycles. The number of anilines is 1. The average molecular weight is 207 g/mol. The molecule has 1 fully saturated rings. The third-order valence-corrected chi connectivity index (χ3v) is 2.43. The lowest BCUT2D eigenvalue weighted by Gasteiger charge is -2.12. The Morgan fingerprint density at radius 3 is 2.60 bits per heavy atom. The van der Waals surface area contributed by atoms with Crippen molar-refractivity contribution < 1.29 is 9.90 Å². The first kappa shape index (κ1) is 9.89. The van der Waals surface area contributed by atoms with Crippen molar-refractivity contribution in [3.05, 3.63) is 18.0 Å². The van der Waals surface area contributed by atoms with Crippen LogP contribution in [0.1, 0.15) is 18.4 Å². The number of nitrogens with zero attached hydrogens (tertiary/aromatic N) is 2. The van der Waals surface area contributed by atoms with Gasteiger partial charge in [0.25, 0.3) is 0 Å². The summed E-state index contributed by atoms with van der Waals surface area (Å²) in [6.45, 7) is 1.89. The molecule has 1 saturated carbocycles. The Bertz CT molecular complexity index is 359. The quantitative estimate of drug-likeness (QED) is 0.772. The largest absolute Gasteiger partial charge is 0.480 e. The minimum absolute atomic E-state index is 0.229. The highest BCUT2D eigenvalue weighted by molar-refractivity contribution is 5.77. The molecule has 0 amide bonds. The minimum atomic E-state index is -0.832. The molecule has 2 N–H and O–H groups in total. The fourth-order valence-electron chi connectivity index (χ4n) is 1.42. The summed E-state index contributed by atoms with van der Waals surface area (Å²) in [6, 6.07) is -0.548. The maximum atomic E-state index is 10.9. The van der Waals surface area contributed by atoms with Crippen molar-refractivity contribution in [3.8, 4) is 0 Å². The Morgan fingerprint density at radius 1 is 1.53 bits per heavy atom. The molecule has 1 unspecified atom stereocenters. The van der Waals surface area contributed by atoms with E-state index in [1.165, 1.54) is 0 Å². The Kier molecular flexibility index (Phi) is 2.53. The molecule has 1 heterocycles. The van der Waals surface area contributed by atoms with Crippen LogP contribution >= 0.6 is 0 Å². The average Bonchev–Trinajstić information content (AvgIpc) is 3.00. The number of aliphatic carboxylic acids is 1. The van der Waals surface area contributed by atoms with Crippen molar-refractivity contribution in [2.24, 2.45) is 5.92 Å². The minimum Gasteiger partial charge on any atom is -0.480 e. The van der Waals surface area contributed by atoms with Gasteiger partial charge >= 0.3 is 5.97 Å². The van der Waals surface area contributed by atoms with Crippen molar-refractivity contribution in [2.45, 2.75) is 25.8 Å². The van der Waals surface area contributed by atoms with E-state index in [0.29, 0.717) is 5.95 Å². The molecule has 5 nitrogen and oxygen atoms in total. The summed E-state index contributed by atoms with van der Waals surface area (Å²) >= 11 is 0. The molecule has 0 aliphatic heterocycles. The second-order valence-corrected chi connectivity index (χ2v) is 3.88. The van der Waals surface area contributed by atoms with Gasteiger partial charge in [-0.05, 0) is 31.2 Å². The number of carboxylic acids is 1. The first-order chi connectivity index (χ1) is 7.16. The van der Waals surface area contributed by atoms with E-state index >= 15 is 0 Å². The van der Waals surface area contributed by atoms with Crippen LogP contribution in [0.2, 0.25) is 0 Å². The van der Waals surface area contributed by atoms with Gasteiger partial charge in [0, 0.05) is 12.4 Å². The van der Waals surface area contributed by atoms with Gasteiger partial charge < -0.3 is 10.4 Å². The van der Waals surface area contributed by atoms with Gasteiger partial charge in [0.1, 0.15) is 6.04 Å². The normalized spacial score (nSPS) is 17.1. The van der Waals surface area contributed by atoms with Crippen LogP contribution < -0.4 is 5.32 Å². The van der Waals surface area contributed by atoms with Gasteiger partial charge in [-0.1, -0.05) is 0 Å². The number of carbonyl (C=O) groups is 1. The van der Waals surface area contributed by atoms with Gasteiger partial charge in [0.2, 0.25) is 5.95 Å². The zero-order valence-electron chi connectivity index (χ0n) is 8.47. The van der Waals surface area contributed by atoms with Crippen molar-refractivity contribution >= 4 is 11.9 Å². The maximum absolute atomic E-state index is 10.9. The summed E-state index contributed by atoms with van der Waals surface area (Å²) in [5.74, 6) is -0.214. The zero-order valence-corrected chi connectivity index (χ0v) is 8.47. The Labute approximate surface area is 87.6 Å². The highest BCUT2D eigenvalue weighted by Crippen LogP contribution is 2.33. The van der Waals surface area contributed by atoms with Crippen molar-refractivity contribution in [3.63, 3.8) is 0 Å². The van der Waals surface area contributed by atoms with E-state index in [1.54, 1.807) is 12.4 Å². The summed E-state index contributed by atoms with van der Waals surface area (Å²) in [5.41, 5.74) is 0.957. The lowest BCUT2D eigenvalue weighted by molar-refractivity contribution is -0.138. The molecule has 1 aliphatic carbocycles. The Balaban J connectivity index is 2.05. The number of hydrogen-bond acceptors (Lipinski definition) is 4. The predicted octanol–water partition coefficient (Wildman–Crippen LogP) is 1.06. The highest BCUT2D eigenvalue weighted by Gasteiger charge is 2.36. The van der Waals surface area contributed by atoms with Gasteiger partial charge in [-0.25, -0.2) is 14.8 Å². The van der Waals surface area contributed by atoms with Gasteiger partial charge in [-0.2, -0.15) is 0 Å². The molecule has 1 aromatic rings. The van der Waals surface area contributed by atoms with E-state index in [4.69, 9.17) is 5.11 Å². The van der Waals surface area contributed by atoms with E-state index in [-0.39, 0.29) is 5.92 Å². The van der Waals surface area contributed by atoms with Crippen LogP contribution in [0.3, 0.4) is 0 Å². The van der Waals surface area contributed by atoms with E-state index in [1.807, 2.05) is 6.92 Å². The van der Waals surface area contributed by atoms with Crippen LogP contribution in [-0.4, -0.2) is 27.1 Å². The van der Waals surface area contributed by atoms with Crippen LogP contribution in [0.5, 0.6) is 0 Å². The fourth-order valence-corrected chi connectivity index (χ4v) is 1.42. The second kappa shape index (κ2) is 3.84. The van der Waals surface area contributed by atoms with Gasteiger partial charge in [-0.15, -0.1) is 0 Å². The topological polar surface area (TPSA) is 75.1 Å². The molecule has 5 heteroatoms. The van der Waals surface area contributed by atoms with Crippen LogP contribution in [0, 0.1) is 12.8 Å². The molecule has 1 aliphatic rings. The Hall–Kier alpha value is -1.65. The third kappa shape index (κ3) is 2.43. The third-order valence-electron chi connectivity index (χ3n) is 2.43. The molecule has 1 aromatic heterocycles. The highest BCUT2D eigenvalue weighted by atomic mass is 16.4.